The Bertz CT molecular complexity index is 662. The second kappa shape index (κ2) is 5.77. The van der Waals surface area contributed by atoms with E-state index in [-0.39, 0.29) is 0 Å². The van der Waals surface area contributed by atoms with E-state index in [0.717, 1.165) is 6.07 Å². The number of hydrogen-bond donors (Lipinski definition) is 1. The largest absolute Gasteiger partial charge is 0.309 e. The maximum Gasteiger partial charge on any atom is 0.194 e. The lowest BCUT2D eigenvalue weighted by Crippen LogP contribution is -2.22. The first-order chi connectivity index (χ1) is 9.86. The molecule has 0 heterocycles. The van der Waals surface area contributed by atoms with Crippen LogP contribution in [0.2, 0.25) is 0 Å². The Balaban J connectivity index is 2.64. The van der Waals surface area contributed by atoms with Gasteiger partial charge in [-0.1, -0.05) is 6.07 Å². The lowest BCUT2D eigenvalue weighted by atomic mass is 9.97. The molecule has 112 valence electrons. The van der Waals surface area contributed by atoms with Crippen LogP contribution in [0, 0.1) is 34.9 Å². The molecule has 0 aliphatic carbocycles. The first-order valence-electron chi connectivity index (χ1n) is 5.82. The van der Waals surface area contributed by atoms with Gasteiger partial charge in [0, 0.05) is 23.3 Å². The monoisotopic (exact) mass is 305 g/mol. The van der Waals surface area contributed by atoms with Crippen LogP contribution in [0.25, 0.3) is 0 Å². The predicted octanol–water partition coefficient (Wildman–Crippen LogP) is 3.83. The average Bonchev–Trinajstić information content (AvgIpc) is 2.41. The summed E-state index contributed by atoms with van der Waals surface area (Å²) >= 11 is 0. The zero-order valence-electron chi connectivity index (χ0n) is 10.7. The van der Waals surface area contributed by atoms with E-state index in [2.05, 4.69) is 5.32 Å². The summed E-state index contributed by atoms with van der Waals surface area (Å²) in [6, 6.07) is 0.885. The summed E-state index contributed by atoms with van der Waals surface area (Å²) in [7, 11) is 1.24. The molecule has 1 N–H and O–H groups in total. The minimum Gasteiger partial charge on any atom is -0.309 e. The Kier molecular flexibility index (Phi) is 4.22. The van der Waals surface area contributed by atoms with Gasteiger partial charge >= 0.3 is 0 Å². The maximum absolute atomic E-state index is 13.8. The molecule has 1 nitrogen and oxygen atoms in total. The van der Waals surface area contributed by atoms with Gasteiger partial charge in [0.2, 0.25) is 0 Å². The van der Waals surface area contributed by atoms with E-state index in [1.165, 1.54) is 7.05 Å². The van der Waals surface area contributed by atoms with Crippen LogP contribution in [0.5, 0.6) is 0 Å². The van der Waals surface area contributed by atoms with Crippen molar-refractivity contribution in [2.45, 2.75) is 6.04 Å². The highest BCUT2D eigenvalue weighted by molar-refractivity contribution is 5.35. The van der Waals surface area contributed by atoms with Gasteiger partial charge < -0.3 is 5.32 Å². The Morgan fingerprint density at radius 3 is 1.90 bits per heavy atom. The fraction of sp³-hybridized carbons (Fsp3) is 0.143. The molecule has 1 unspecified atom stereocenters. The molecule has 0 saturated heterocycles. The molecule has 0 spiro atoms. The van der Waals surface area contributed by atoms with Crippen molar-refractivity contribution >= 4 is 0 Å². The zero-order valence-corrected chi connectivity index (χ0v) is 10.7. The Morgan fingerprint density at radius 1 is 0.810 bits per heavy atom. The molecule has 0 aliphatic rings. The summed E-state index contributed by atoms with van der Waals surface area (Å²) in [6.45, 7) is 0. The molecule has 0 saturated carbocycles. The summed E-state index contributed by atoms with van der Waals surface area (Å²) in [5, 5.41) is 2.39. The number of rotatable bonds is 3. The number of nitrogens with one attached hydrogen (secondary N) is 1. The maximum atomic E-state index is 13.8. The van der Waals surface area contributed by atoms with E-state index in [9.17, 15) is 26.3 Å². The van der Waals surface area contributed by atoms with Crippen LogP contribution in [0.1, 0.15) is 17.2 Å². The number of benzene rings is 2. The molecule has 2 aromatic rings. The molecule has 7 heteroatoms. The predicted molar refractivity (Wildman–Crippen MR) is 63.5 cm³/mol. The molecule has 0 aliphatic heterocycles. The van der Waals surface area contributed by atoms with Crippen molar-refractivity contribution < 1.29 is 26.3 Å². The fourth-order valence-corrected chi connectivity index (χ4v) is 2.05. The van der Waals surface area contributed by atoms with E-state index in [1.807, 2.05) is 0 Å². The fourth-order valence-electron chi connectivity index (χ4n) is 2.05. The Labute approximate surface area is 116 Å². The van der Waals surface area contributed by atoms with Crippen LogP contribution in [0.3, 0.4) is 0 Å². The Morgan fingerprint density at radius 2 is 1.38 bits per heavy atom. The molecule has 0 amide bonds. The van der Waals surface area contributed by atoms with E-state index >= 15 is 0 Å². The second-order valence-corrected chi connectivity index (χ2v) is 4.27. The molecular weight excluding hydrogens is 296 g/mol. The molecule has 0 bridgehead atoms. The Hall–Kier alpha value is -2.02. The van der Waals surface area contributed by atoms with Crippen LogP contribution in [-0.4, -0.2) is 7.05 Å². The van der Waals surface area contributed by atoms with Gasteiger partial charge in [0.15, 0.2) is 17.5 Å². The van der Waals surface area contributed by atoms with Crippen molar-refractivity contribution in [2.24, 2.45) is 0 Å². The van der Waals surface area contributed by atoms with E-state index in [1.54, 1.807) is 0 Å². The molecule has 2 rings (SSSR count). The SMILES string of the molecule is CNC(c1ccc(F)c(F)c1F)c1c(F)cc(F)cc1F. The van der Waals surface area contributed by atoms with E-state index < -0.39 is 52.1 Å². The van der Waals surface area contributed by atoms with Crippen molar-refractivity contribution in [1.29, 1.82) is 0 Å². The van der Waals surface area contributed by atoms with Crippen molar-refractivity contribution in [2.75, 3.05) is 7.05 Å². The number of halogens is 6. The lowest BCUT2D eigenvalue weighted by molar-refractivity contribution is 0.430. The first-order valence-corrected chi connectivity index (χ1v) is 5.82. The third kappa shape index (κ3) is 2.73. The van der Waals surface area contributed by atoms with Crippen molar-refractivity contribution in [1.82, 2.24) is 5.32 Å². The van der Waals surface area contributed by atoms with Gasteiger partial charge in [-0.05, 0) is 13.1 Å². The summed E-state index contributed by atoms with van der Waals surface area (Å²) in [5.74, 6) is -8.43. The van der Waals surface area contributed by atoms with Gasteiger partial charge in [-0.3, -0.25) is 0 Å². The van der Waals surface area contributed by atoms with Gasteiger partial charge in [-0.2, -0.15) is 0 Å². The van der Waals surface area contributed by atoms with E-state index in [0.29, 0.717) is 18.2 Å². The zero-order chi connectivity index (χ0) is 15.7. The van der Waals surface area contributed by atoms with E-state index in [4.69, 9.17) is 0 Å². The van der Waals surface area contributed by atoms with Crippen molar-refractivity contribution in [3.05, 3.63) is 70.3 Å². The van der Waals surface area contributed by atoms with Crippen LogP contribution < -0.4 is 5.32 Å². The third-order valence-electron chi connectivity index (χ3n) is 3.00. The molecular formula is C14H9F6N. The molecule has 2 aromatic carbocycles. The quantitative estimate of drug-likeness (QED) is 0.671. The van der Waals surface area contributed by atoms with Gasteiger partial charge in [0.1, 0.15) is 17.5 Å². The van der Waals surface area contributed by atoms with Crippen LogP contribution >= 0.6 is 0 Å². The number of hydrogen-bond acceptors (Lipinski definition) is 1. The molecule has 0 aromatic heterocycles. The average molecular weight is 305 g/mol. The summed E-state index contributed by atoms with van der Waals surface area (Å²) < 4.78 is 80.3. The highest BCUT2D eigenvalue weighted by Crippen LogP contribution is 2.30. The third-order valence-corrected chi connectivity index (χ3v) is 3.00. The smallest absolute Gasteiger partial charge is 0.194 e. The molecule has 1 atom stereocenters. The van der Waals surface area contributed by atoms with Crippen LogP contribution in [-0.2, 0) is 0 Å². The van der Waals surface area contributed by atoms with Gasteiger partial charge in [0.25, 0.3) is 0 Å². The van der Waals surface area contributed by atoms with Crippen molar-refractivity contribution in [3.63, 3.8) is 0 Å². The first kappa shape index (κ1) is 15.4. The van der Waals surface area contributed by atoms with Crippen molar-refractivity contribution in [3.8, 4) is 0 Å². The second-order valence-electron chi connectivity index (χ2n) is 4.27. The molecule has 0 radical (unpaired) electrons. The van der Waals surface area contributed by atoms with Crippen LogP contribution in [0.4, 0.5) is 26.3 Å². The van der Waals surface area contributed by atoms with Gasteiger partial charge in [-0.15, -0.1) is 0 Å². The summed E-state index contributed by atoms with van der Waals surface area (Å²) in [5.41, 5.74) is -1.19. The molecule has 21 heavy (non-hydrogen) atoms. The summed E-state index contributed by atoms with van der Waals surface area (Å²) in [6.07, 6.45) is 0. The topological polar surface area (TPSA) is 12.0 Å². The normalized spacial score (nSPS) is 12.5. The summed E-state index contributed by atoms with van der Waals surface area (Å²) in [4.78, 5) is 0. The standard InChI is InChI=1S/C14H9F6N/c1-21-14(7-2-3-8(16)13(20)12(7)19)11-9(17)4-6(15)5-10(11)18/h2-5,14,21H,1H3. The lowest BCUT2D eigenvalue weighted by Gasteiger charge is -2.19. The van der Waals surface area contributed by atoms with Crippen LogP contribution in [0.15, 0.2) is 24.3 Å². The minimum atomic E-state index is -1.75. The minimum absolute atomic E-state index is 0.417. The highest BCUT2D eigenvalue weighted by Gasteiger charge is 2.26. The molecule has 0 fully saturated rings. The highest BCUT2D eigenvalue weighted by atomic mass is 19.2. The van der Waals surface area contributed by atoms with Gasteiger partial charge in [-0.25, -0.2) is 26.3 Å². The van der Waals surface area contributed by atoms with Gasteiger partial charge in [0.05, 0.1) is 6.04 Å².